The summed E-state index contributed by atoms with van der Waals surface area (Å²) in [6, 6.07) is 2.28. The molecule has 2 aromatic rings. The molecule has 0 aromatic carbocycles. The zero-order valence-electron chi connectivity index (χ0n) is 10.00. The van der Waals surface area contributed by atoms with Crippen LogP contribution in [0.4, 0.5) is 0 Å². The SMILES string of the molecule is CCNC(c1cscc1Br)c1ccoc1CC. The number of nitrogens with one attached hydrogen (secondary N) is 1. The molecule has 2 nitrogen and oxygen atoms in total. The smallest absolute Gasteiger partial charge is 0.108 e. The summed E-state index contributed by atoms with van der Waals surface area (Å²) >= 11 is 5.32. The Morgan fingerprint density at radius 3 is 2.76 bits per heavy atom. The maximum Gasteiger partial charge on any atom is 0.108 e. The van der Waals surface area contributed by atoms with Crippen LogP contribution in [-0.2, 0) is 6.42 Å². The van der Waals surface area contributed by atoms with E-state index in [1.165, 1.54) is 11.1 Å². The van der Waals surface area contributed by atoms with Crippen LogP contribution in [0.5, 0.6) is 0 Å². The third kappa shape index (κ3) is 2.64. The number of aryl methyl sites for hydroxylation is 1. The number of rotatable bonds is 5. The second-order valence-corrected chi connectivity index (χ2v) is 5.42. The molecule has 0 fully saturated rings. The van der Waals surface area contributed by atoms with Crippen molar-refractivity contribution >= 4 is 27.3 Å². The Labute approximate surface area is 114 Å². The van der Waals surface area contributed by atoms with Crippen LogP contribution in [0.1, 0.15) is 36.8 Å². The van der Waals surface area contributed by atoms with Crippen molar-refractivity contribution in [3.8, 4) is 0 Å². The fourth-order valence-electron chi connectivity index (χ4n) is 1.98. The molecule has 0 bridgehead atoms. The molecule has 0 aliphatic heterocycles. The van der Waals surface area contributed by atoms with Gasteiger partial charge in [0.15, 0.2) is 0 Å². The average molecular weight is 314 g/mol. The van der Waals surface area contributed by atoms with E-state index < -0.39 is 0 Å². The Bertz CT molecular complexity index is 477. The lowest BCUT2D eigenvalue weighted by Crippen LogP contribution is -2.22. The first-order valence-electron chi connectivity index (χ1n) is 5.79. The number of halogens is 1. The van der Waals surface area contributed by atoms with Gasteiger partial charge >= 0.3 is 0 Å². The van der Waals surface area contributed by atoms with Crippen LogP contribution in [-0.4, -0.2) is 6.54 Å². The number of thiophene rings is 1. The summed E-state index contributed by atoms with van der Waals surface area (Å²) in [6.07, 6.45) is 2.70. The lowest BCUT2D eigenvalue weighted by Gasteiger charge is -2.17. The maximum atomic E-state index is 5.53. The third-order valence-electron chi connectivity index (χ3n) is 2.77. The Kier molecular flexibility index (Phi) is 4.42. The van der Waals surface area contributed by atoms with Crippen molar-refractivity contribution in [3.05, 3.63) is 44.4 Å². The van der Waals surface area contributed by atoms with Crippen LogP contribution < -0.4 is 5.32 Å². The highest BCUT2D eigenvalue weighted by molar-refractivity contribution is 9.10. The minimum absolute atomic E-state index is 0.217. The molecule has 4 heteroatoms. The molecule has 0 spiro atoms. The molecule has 1 N–H and O–H groups in total. The second kappa shape index (κ2) is 5.85. The summed E-state index contributed by atoms with van der Waals surface area (Å²) in [6.45, 7) is 5.17. The lowest BCUT2D eigenvalue weighted by molar-refractivity contribution is 0.502. The molecule has 0 radical (unpaired) electrons. The molecule has 0 amide bonds. The number of hydrogen-bond acceptors (Lipinski definition) is 3. The van der Waals surface area contributed by atoms with Gasteiger partial charge in [0, 0.05) is 21.8 Å². The van der Waals surface area contributed by atoms with Crippen LogP contribution >= 0.6 is 27.3 Å². The summed E-state index contributed by atoms with van der Waals surface area (Å²) < 4.78 is 6.69. The molecule has 2 heterocycles. The topological polar surface area (TPSA) is 25.2 Å². The van der Waals surface area contributed by atoms with Gasteiger partial charge in [-0.2, -0.15) is 11.3 Å². The van der Waals surface area contributed by atoms with Gasteiger partial charge in [-0.15, -0.1) is 0 Å². The molecule has 0 saturated heterocycles. The summed E-state index contributed by atoms with van der Waals surface area (Å²) in [5.74, 6) is 1.06. The fourth-order valence-corrected chi connectivity index (χ4v) is 3.54. The zero-order chi connectivity index (χ0) is 12.3. The molecular weight excluding hydrogens is 298 g/mol. The summed E-state index contributed by atoms with van der Waals surface area (Å²) in [7, 11) is 0. The molecule has 0 saturated carbocycles. The minimum atomic E-state index is 0.217. The van der Waals surface area contributed by atoms with Gasteiger partial charge in [-0.3, -0.25) is 0 Å². The Balaban J connectivity index is 2.39. The van der Waals surface area contributed by atoms with Crippen molar-refractivity contribution < 1.29 is 4.42 Å². The van der Waals surface area contributed by atoms with E-state index in [9.17, 15) is 0 Å². The quantitative estimate of drug-likeness (QED) is 0.887. The third-order valence-corrected chi connectivity index (χ3v) is 4.53. The van der Waals surface area contributed by atoms with E-state index in [4.69, 9.17) is 4.42 Å². The maximum absolute atomic E-state index is 5.53. The van der Waals surface area contributed by atoms with Gasteiger partial charge in [0.25, 0.3) is 0 Å². The lowest BCUT2D eigenvalue weighted by atomic mass is 10.0. The van der Waals surface area contributed by atoms with Gasteiger partial charge in [-0.05, 0) is 39.5 Å². The first-order valence-corrected chi connectivity index (χ1v) is 7.52. The van der Waals surface area contributed by atoms with Gasteiger partial charge < -0.3 is 9.73 Å². The predicted molar refractivity (Wildman–Crippen MR) is 75.6 cm³/mol. The van der Waals surface area contributed by atoms with E-state index in [-0.39, 0.29) is 6.04 Å². The first-order chi connectivity index (χ1) is 8.27. The van der Waals surface area contributed by atoms with E-state index in [0.29, 0.717) is 0 Å². The normalized spacial score (nSPS) is 12.9. The molecule has 1 atom stereocenters. The van der Waals surface area contributed by atoms with Crippen LogP contribution in [0.25, 0.3) is 0 Å². The summed E-state index contributed by atoms with van der Waals surface area (Å²) in [5, 5.41) is 7.82. The molecule has 2 aromatic heterocycles. The molecule has 17 heavy (non-hydrogen) atoms. The van der Waals surface area contributed by atoms with Gasteiger partial charge in [0.05, 0.1) is 12.3 Å². The summed E-state index contributed by atoms with van der Waals surface area (Å²) in [4.78, 5) is 0. The van der Waals surface area contributed by atoms with Crippen molar-refractivity contribution in [3.63, 3.8) is 0 Å². The van der Waals surface area contributed by atoms with E-state index >= 15 is 0 Å². The van der Waals surface area contributed by atoms with E-state index in [1.54, 1.807) is 17.6 Å². The zero-order valence-corrected chi connectivity index (χ0v) is 12.4. The van der Waals surface area contributed by atoms with Crippen LogP contribution in [0.2, 0.25) is 0 Å². The van der Waals surface area contributed by atoms with Crippen LogP contribution in [0, 0.1) is 0 Å². The monoisotopic (exact) mass is 313 g/mol. The van der Waals surface area contributed by atoms with Crippen molar-refractivity contribution in [1.82, 2.24) is 5.32 Å². The molecular formula is C13H16BrNOS. The van der Waals surface area contributed by atoms with E-state index in [0.717, 1.165) is 23.2 Å². The highest BCUT2D eigenvalue weighted by Crippen LogP contribution is 2.33. The minimum Gasteiger partial charge on any atom is -0.469 e. The van der Waals surface area contributed by atoms with Crippen molar-refractivity contribution in [2.45, 2.75) is 26.3 Å². The van der Waals surface area contributed by atoms with Gasteiger partial charge in [0.2, 0.25) is 0 Å². The average Bonchev–Trinajstić information content (AvgIpc) is 2.94. The van der Waals surface area contributed by atoms with Gasteiger partial charge in [-0.1, -0.05) is 13.8 Å². The molecule has 92 valence electrons. The van der Waals surface area contributed by atoms with E-state index in [2.05, 4.69) is 51.9 Å². The van der Waals surface area contributed by atoms with Crippen molar-refractivity contribution in [1.29, 1.82) is 0 Å². The van der Waals surface area contributed by atoms with Crippen molar-refractivity contribution in [2.75, 3.05) is 6.54 Å². The van der Waals surface area contributed by atoms with Crippen molar-refractivity contribution in [2.24, 2.45) is 0 Å². The number of hydrogen-bond donors (Lipinski definition) is 1. The second-order valence-electron chi connectivity index (χ2n) is 3.82. The highest BCUT2D eigenvalue weighted by atomic mass is 79.9. The predicted octanol–water partition coefficient (Wildman–Crippen LogP) is 4.36. The molecule has 0 aliphatic rings. The molecule has 1 unspecified atom stereocenters. The van der Waals surface area contributed by atoms with Gasteiger partial charge in [0.1, 0.15) is 5.76 Å². The molecule has 2 rings (SSSR count). The first kappa shape index (κ1) is 12.9. The fraction of sp³-hybridized carbons (Fsp3) is 0.385. The highest BCUT2D eigenvalue weighted by Gasteiger charge is 2.20. The Morgan fingerprint density at radius 2 is 2.18 bits per heavy atom. The van der Waals surface area contributed by atoms with E-state index in [1.807, 2.05) is 0 Å². The van der Waals surface area contributed by atoms with Crippen LogP contribution in [0.15, 0.2) is 32.0 Å². The Hall–Kier alpha value is -0.580. The van der Waals surface area contributed by atoms with Gasteiger partial charge in [-0.25, -0.2) is 0 Å². The molecule has 0 aliphatic carbocycles. The standard InChI is InChI=1S/C13H16BrNOS/c1-3-12-9(5-6-16-12)13(15-4-2)10-7-17-8-11(10)14/h5-8,13,15H,3-4H2,1-2H3. The number of furan rings is 1. The van der Waals surface area contributed by atoms with Crippen LogP contribution in [0.3, 0.4) is 0 Å². The largest absolute Gasteiger partial charge is 0.469 e. The Morgan fingerprint density at radius 1 is 1.35 bits per heavy atom. The summed E-state index contributed by atoms with van der Waals surface area (Å²) in [5.41, 5.74) is 2.53.